The van der Waals surface area contributed by atoms with Crippen LogP contribution in [0.1, 0.15) is 70.1 Å². The Balaban J connectivity index is 1.22. The molecule has 0 bridgehead atoms. The molecule has 1 amide bonds. The van der Waals surface area contributed by atoms with Gasteiger partial charge in [-0.05, 0) is 67.8 Å². The van der Waals surface area contributed by atoms with Gasteiger partial charge < -0.3 is 14.9 Å². The van der Waals surface area contributed by atoms with Gasteiger partial charge >= 0.3 is 0 Å². The standard InChI is InChI=1S/C25H33N5O/c1-24-9-7-18-16(3-6-20-25(18,2)10-8-22-28-13-14-30(20)22)17(24)4-5-19(24)23(31)29-15-21-26-11-12-27-21/h8,10-14,16-20H,3-7,9,15H2,1-2H3,(H,26,27)(H,29,31)/t16-,17-,18-,19+,20?,24-,25+/m0/s1. The highest BCUT2D eigenvalue weighted by molar-refractivity contribution is 5.80. The number of H-pyrrole nitrogens is 1. The first kappa shape index (κ1) is 19.3. The molecule has 0 aromatic carbocycles. The monoisotopic (exact) mass is 419 g/mol. The van der Waals surface area contributed by atoms with Crippen LogP contribution in [0.25, 0.3) is 6.08 Å². The Labute approximate surface area is 183 Å². The molecule has 6 heteroatoms. The second kappa shape index (κ2) is 6.81. The number of aromatic nitrogens is 4. The zero-order valence-electron chi connectivity index (χ0n) is 18.6. The van der Waals surface area contributed by atoms with Crippen molar-refractivity contribution in [2.45, 2.75) is 65.0 Å². The van der Waals surface area contributed by atoms with Crippen LogP contribution >= 0.6 is 0 Å². The molecule has 2 aromatic heterocycles. The lowest BCUT2D eigenvalue weighted by Crippen LogP contribution is -2.53. The van der Waals surface area contributed by atoms with Gasteiger partial charge in [-0.15, -0.1) is 0 Å². The van der Waals surface area contributed by atoms with Crippen LogP contribution in [0.15, 0.2) is 30.9 Å². The maximum absolute atomic E-state index is 13.2. The number of imidazole rings is 2. The van der Waals surface area contributed by atoms with Gasteiger partial charge in [-0.25, -0.2) is 9.97 Å². The molecule has 0 spiro atoms. The van der Waals surface area contributed by atoms with Crippen molar-refractivity contribution in [3.63, 3.8) is 0 Å². The second-order valence-corrected chi connectivity index (χ2v) is 10.8. The molecular formula is C25H33N5O. The minimum absolute atomic E-state index is 0.121. The number of hydrogen-bond donors (Lipinski definition) is 2. The lowest BCUT2D eigenvalue weighted by molar-refractivity contribution is -0.133. The van der Waals surface area contributed by atoms with Gasteiger partial charge in [-0.2, -0.15) is 0 Å². The van der Waals surface area contributed by atoms with Gasteiger partial charge in [0.1, 0.15) is 11.6 Å². The second-order valence-electron chi connectivity index (χ2n) is 10.8. The summed E-state index contributed by atoms with van der Waals surface area (Å²) in [4.78, 5) is 25.0. The van der Waals surface area contributed by atoms with Gasteiger partial charge in [-0.1, -0.05) is 19.9 Å². The van der Waals surface area contributed by atoms with E-state index in [4.69, 9.17) is 0 Å². The summed E-state index contributed by atoms with van der Waals surface area (Å²) in [5, 5.41) is 3.16. The lowest BCUT2D eigenvalue weighted by atomic mass is 9.48. The van der Waals surface area contributed by atoms with E-state index in [9.17, 15) is 4.79 Å². The third kappa shape index (κ3) is 2.72. The molecular weight excluding hydrogens is 386 g/mol. The first-order valence-electron chi connectivity index (χ1n) is 12.0. The molecule has 3 heterocycles. The topological polar surface area (TPSA) is 75.6 Å². The summed E-state index contributed by atoms with van der Waals surface area (Å²) >= 11 is 0. The van der Waals surface area contributed by atoms with Gasteiger partial charge in [-0.3, -0.25) is 4.79 Å². The number of aromatic amines is 1. The molecule has 2 aromatic rings. The van der Waals surface area contributed by atoms with Gasteiger partial charge in [0.15, 0.2) is 0 Å². The minimum atomic E-state index is 0.121. The molecule has 6 rings (SSSR count). The van der Waals surface area contributed by atoms with Gasteiger partial charge in [0, 0.05) is 42.2 Å². The molecule has 0 saturated heterocycles. The van der Waals surface area contributed by atoms with Crippen molar-refractivity contribution in [1.82, 2.24) is 24.8 Å². The van der Waals surface area contributed by atoms with Crippen LogP contribution in [-0.4, -0.2) is 25.4 Å². The van der Waals surface area contributed by atoms with E-state index in [0.717, 1.165) is 30.4 Å². The molecule has 0 radical (unpaired) electrons. The highest BCUT2D eigenvalue weighted by atomic mass is 16.1. The summed E-state index contributed by atoms with van der Waals surface area (Å²) in [5.74, 6) is 4.35. The molecule has 4 aliphatic rings. The van der Waals surface area contributed by atoms with E-state index in [-0.39, 0.29) is 22.7 Å². The number of amides is 1. The Hall–Kier alpha value is -2.37. The van der Waals surface area contributed by atoms with E-state index in [1.807, 2.05) is 6.20 Å². The summed E-state index contributed by atoms with van der Waals surface area (Å²) < 4.78 is 2.42. The first-order valence-corrected chi connectivity index (χ1v) is 12.0. The number of allylic oxidation sites excluding steroid dienone is 1. The van der Waals surface area contributed by atoms with Crippen LogP contribution in [0, 0.1) is 34.5 Å². The zero-order chi connectivity index (χ0) is 21.2. The average Bonchev–Trinajstić information content (AvgIpc) is 3.50. The third-order valence-electron chi connectivity index (χ3n) is 9.65. The Kier molecular flexibility index (Phi) is 4.25. The van der Waals surface area contributed by atoms with Crippen molar-refractivity contribution in [3.05, 3.63) is 42.5 Å². The molecule has 1 aliphatic heterocycles. The maximum atomic E-state index is 13.2. The quantitative estimate of drug-likeness (QED) is 0.777. The van der Waals surface area contributed by atoms with Crippen molar-refractivity contribution >= 4 is 12.0 Å². The SMILES string of the molecule is C[C@]12CC[C@H]3[C@@H](CCC4n5ccnc5C=C[C@@]43C)[C@@H]1CC[C@@H]2C(=O)NCc1ncc[nH]1. The number of rotatable bonds is 3. The Morgan fingerprint density at radius 2 is 2.06 bits per heavy atom. The van der Waals surface area contributed by atoms with Gasteiger partial charge in [0.25, 0.3) is 0 Å². The average molecular weight is 420 g/mol. The summed E-state index contributed by atoms with van der Waals surface area (Å²) in [5.41, 5.74) is 0.313. The van der Waals surface area contributed by atoms with Crippen molar-refractivity contribution in [2.24, 2.45) is 34.5 Å². The van der Waals surface area contributed by atoms with Crippen LogP contribution in [-0.2, 0) is 11.3 Å². The number of hydrogen-bond acceptors (Lipinski definition) is 3. The van der Waals surface area contributed by atoms with E-state index in [1.165, 1.54) is 25.7 Å². The number of nitrogens with one attached hydrogen (secondary N) is 2. The van der Waals surface area contributed by atoms with Crippen LogP contribution in [0.5, 0.6) is 0 Å². The molecule has 3 aliphatic carbocycles. The van der Waals surface area contributed by atoms with E-state index in [2.05, 4.69) is 57.0 Å². The first-order chi connectivity index (χ1) is 15.0. The van der Waals surface area contributed by atoms with E-state index < -0.39 is 0 Å². The van der Waals surface area contributed by atoms with Crippen molar-refractivity contribution in [3.8, 4) is 0 Å². The number of fused-ring (bicyclic) bond motifs is 7. The van der Waals surface area contributed by atoms with Gasteiger partial charge in [0.05, 0.1) is 6.54 Å². The van der Waals surface area contributed by atoms with Crippen molar-refractivity contribution in [2.75, 3.05) is 0 Å². The summed E-state index contributed by atoms with van der Waals surface area (Å²) in [6.07, 6.45) is 19.5. The molecule has 1 unspecified atom stereocenters. The lowest BCUT2D eigenvalue weighted by Gasteiger charge is -2.59. The third-order valence-corrected chi connectivity index (χ3v) is 9.65. The van der Waals surface area contributed by atoms with Crippen LogP contribution in [0.4, 0.5) is 0 Å². The van der Waals surface area contributed by atoms with Crippen LogP contribution in [0.2, 0.25) is 0 Å². The highest BCUT2D eigenvalue weighted by Gasteiger charge is 2.61. The predicted molar refractivity (Wildman–Crippen MR) is 119 cm³/mol. The molecule has 2 N–H and O–H groups in total. The van der Waals surface area contributed by atoms with Crippen LogP contribution < -0.4 is 5.32 Å². The summed E-state index contributed by atoms with van der Waals surface area (Å²) in [6, 6.07) is 0.523. The normalized spacial score (nSPS) is 40.5. The van der Waals surface area contributed by atoms with Crippen molar-refractivity contribution < 1.29 is 4.79 Å². The van der Waals surface area contributed by atoms with Gasteiger partial charge in [0.2, 0.25) is 5.91 Å². The molecule has 31 heavy (non-hydrogen) atoms. The van der Waals surface area contributed by atoms with E-state index >= 15 is 0 Å². The summed E-state index contributed by atoms with van der Waals surface area (Å²) in [7, 11) is 0. The number of carbonyl (C=O) groups excluding carboxylic acids is 1. The Bertz CT molecular complexity index is 1010. The molecule has 6 nitrogen and oxygen atoms in total. The molecule has 3 fully saturated rings. The zero-order valence-corrected chi connectivity index (χ0v) is 18.6. The smallest absolute Gasteiger partial charge is 0.224 e. The minimum Gasteiger partial charge on any atom is -0.349 e. The van der Waals surface area contributed by atoms with Crippen LogP contribution in [0.3, 0.4) is 0 Å². The fourth-order valence-electron chi connectivity index (χ4n) is 8.13. The molecule has 3 saturated carbocycles. The van der Waals surface area contributed by atoms with E-state index in [1.54, 1.807) is 12.4 Å². The fourth-order valence-corrected chi connectivity index (χ4v) is 8.13. The largest absolute Gasteiger partial charge is 0.349 e. The maximum Gasteiger partial charge on any atom is 0.224 e. The molecule has 7 atom stereocenters. The molecule has 164 valence electrons. The highest BCUT2D eigenvalue weighted by Crippen LogP contribution is 2.67. The summed E-state index contributed by atoms with van der Waals surface area (Å²) in [6.45, 7) is 5.39. The number of carbonyl (C=O) groups is 1. The Morgan fingerprint density at radius 1 is 1.16 bits per heavy atom. The van der Waals surface area contributed by atoms with E-state index in [0.29, 0.717) is 24.4 Å². The number of nitrogens with zero attached hydrogens (tertiary/aromatic N) is 3. The van der Waals surface area contributed by atoms with Crippen molar-refractivity contribution in [1.29, 1.82) is 0 Å². The fraction of sp³-hybridized carbons (Fsp3) is 0.640. The predicted octanol–water partition coefficient (Wildman–Crippen LogP) is 4.35. The Morgan fingerprint density at radius 3 is 2.90 bits per heavy atom.